The first-order chi connectivity index (χ1) is 9.82. The highest BCUT2D eigenvalue weighted by Crippen LogP contribution is 2.18. The minimum absolute atomic E-state index is 0.173. The fraction of sp³-hybridized carbons (Fsp3) is 0.692. The van der Waals surface area contributed by atoms with Crippen molar-refractivity contribution in [3.63, 3.8) is 0 Å². The molecule has 2 amide bonds. The van der Waals surface area contributed by atoms with Crippen LogP contribution in [0.4, 0.5) is 4.79 Å². The van der Waals surface area contributed by atoms with Crippen molar-refractivity contribution in [3.8, 4) is 0 Å². The molecule has 1 N–H and O–H groups in total. The van der Waals surface area contributed by atoms with E-state index in [4.69, 9.17) is 0 Å². The molecule has 0 saturated carbocycles. The van der Waals surface area contributed by atoms with Gasteiger partial charge in [-0.15, -0.1) is 5.10 Å². The number of nitrogens with one attached hydrogen (secondary N) is 1. The quantitative estimate of drug-likeness (QED) is 0.820. The molecule has 1 aliphatic rings. The third-order valence-electron chi connectivity index (χ3n) is 3.39. The molecule has 0 radical (unpaired) electrons. The summed E-state index contributed by atoms with van der Waals surface area (Å²) in [5.74, 6) is 0.636. The molecule has 2 heterocycles. The van der Waals surface area contributed by atoms with Gasteiger partial charge in [0.05, 0.1) is 7.11 Å². The van der Waals surface area contributed by atoms with E-state index in [-0.39, 0.29) is 23.2 Å². The van der Waals surface area contributed by atoms with Crippen LogP contribution < -0.4 is 0 Å². The Morgan fingerprint density at radius 2 is 1.71 bits per heavy atom. The maximum Gasteiger partial charge on any atom is 0.409 e. The standard InChI is InChI=1S/C13H21N5O3/c1-13(2,3)11-14-9(15-16-11)10(19)17-5-7-18(8-6-17)12(20)21-4/h5-8H2,1-4H3,(H,14,15,16). The largest absolute Gasteiger partial charge is 0.453 e. The van der Waals surface area contributed by atoms with Gasteiger partial charge in [-0.25, -0.2) is 9.78 Å². The fourth-order valence-electron chi connectivity index (χ4n) is 2.06. The molecule has 0 bridgehead atoms. The van der Waals surface area contributed by atoms with E-state index in [1.54, 1.807) is 9.80 Å². The number of hydrogen-bond acceptors (Lipinski definition) is 5. The number of hydrogen-bond donors (Lipinski definition) is 1. The number of aromatic amines is 1. The van der Waals surface area contributed by atoms with Crippen molar-refractivity contribution in [3.05, 3.63) is 11.6 Å². The van der Waals surface area contributed by atoms with Gasteiger partial charge in [-0.3, -0.25) is 9.89 Å². The first-order valence-corrected chi connectivity index (χ1v) is 6.88. The lowest BCUT2D eigenvalue weighted by atomic mass is 9.96. The van der Waals surface area contributed by atoms with Crippen LogP contribution in [0, 0.1) is 0 Å². The van der Waals surface area contributed by atoms with Crippen LogP contribution in [-0.4, -0.2) is 70.3 Å². The third kappa shape index (κ3) is 3.32. The summed E-state index contributed by atoms with van der Waals surface area (Å²) in [6.45, 7) is 7.80. The van der Waals surface area contributed by atoms with E-state index in [0.717, 1.165) is 0 Å². The second-order valence-electron chi connectivity index (χ2n) is 6.01. The van der Waals surface area contributed by atoms with Gasteiger partial charge in [-0.1, -0.05) is 20.8 Å². The van der Waals surface area contributed by atoms with Crippen LogP contribution in [0.1, 0.15) is 37.2 Å². The molecule has 116 valence electrons. The first-order valence-electron chi connectivity index (χ1n) is 6.88. The molecule has 1 aromatic rings. The van der Waals surface area contributed by atoms with Crippen molar-refractivity contribution in [1.29, 1.82) is 0 Å². The van der Waals surface area contributed by atoms with Crippen LogP contribution in [0.2, 0.25) is 0 Å². The molecule has 8 nitrogen and oxygen atoms in total. The number of carbonyl (C=O) groups is 2. The van der Waals surface area contributed by atoms with E-state index >= 15 is 0 Å². The Balaban J connectivity index is 1.99. The molecule has 1 aromatic heterocycles. The summed E-state index contributed by atoms with van der Waals surface area (Å²) in [7, 11) is 1.35. The number of amides is 2. The molecule has 1 saturated heterocycles. The Labute approximate surface area is 123 Å². The lowest BCUT2D eigenvalue weighted by Gasteiger charge is -2.33. The van der Waals surface area contributed by atoms with Gasteiger partial charge < -0.3 is 14.5 Å². The van der Waals surface area contributed by atoms with E-state index in [9.17, 15) is 9.59 Å². The smallest absolute Gasteiger partial charge is 0.409 e. The molecule has 1 aliphatic heterocycles. The van der Waals surface area contributed by atoms with E-state index in [1.165, 1.54) is 7.11 Å². The number of methoxy groups -OCH3 is 1. The average Bonchev–Trinajstić information content (AvgIpc) is 2.95. The third-order valence-corrected chi connectivity index (χ3v) is 3.39. The zero-order valence-electron chi connectivity index (χ0n) is 12.8. The van der Waals surface area contributed by atoms with Crippen molar-refractivity contribution in [2.24, 2.45) is 0 Å². The van der Waals surface area contributed by atoms with Crippen molar-refractivity contribution < 1.29 is 14.3 Å². The monoisotopic (exact) mass is 295 g/mol. The number of piperazine rings is 1. The van der Waals surface area contributed by atoms with Gasteiger partial charge in [0.1, 0.15) is 5.82 Å². The molecule has 0 spiro atoms. The summed E-state index contributed by atoms with van der Waals surface area (Å²) in [5, 5.41) is 6.80. The van der Waals surface area contributed by atoms with E-state index in [1.807, 2.05) is 20.8 Å². The molecule has 1 fully saturated rings. The van der Waals surface area contributed by atoms with Gasteiger partial charge >= 0.3 is 6.09 Å². The summed E-state index contributed by atoms with van der Waals surface area (Å²) >= 11 is 0. The van der Waals surface area contributed by atoms with Crippen LogP contribution in [0.5, 0.6) is 0 Å². The summed E-state index contributed by atoms with van der Waals surface area (Å²) in [4.78, 5) is 31.2. The second kappa shape index (κ2) is 5.71. The maximum atomic E-state index is 12.3. The summed E-state index contributed by atoms with van der Waals surface area (Å²) in [6.07, 6.45) is -0.366. The zero-order chi connectivity index (χ0) is 15.6. The van der Waals surface area contributed by atoms with Crippen LogP contribution in [0.3, 0.4) is 0 Å². The summed E-state index contributed by atoms with van der Waals surface area (Å²) in [5.41, 5.74) is -0.185. The Morgan fingerprint density at radius 1 is 1.14 bits per heavy atom. The van der Waals surface area contributed by atoms with Gasteiger partial charge in [0.25, 0.3) is 5.91 Å². The minimum Gasteiger partial charge on any atom is -0.453 e. The second-order valence-corrected chi connectivity index (χ2v) is 6.01. The zero-order valence-corrected chi connectivity index (χ0v) is 12.8. The lowest BCUT2D eigenvalue weighted by molar-refractivity contribution is 0.0589. The molecule has 0 atom stereocenters. The van der Waals surface area contributed by atoms with Crippen molar-refractivity contribution in [1.82, 2.24) is 25.0 Å². The van der Waals surface area contributed by atoms with Crippen molar-refractivity contribution in [2.45, 2.75) is 26.2 Å². The number of H-pyrrole nitrogens is 1. The highest BCUT2D eigenvalue weighted by Gasteiger charge is 2.28. The van der Waals surface area contributed by atoms with Gasteiger partial charge in [0.15, 0.2) is 0 Å². The predicted molar refractivity (Wildman–Crippen MR) is 75.0 cm³/mol. The van der Waals surface area contributed by atoms with Crippen molar-refractivity contribution in [2.75, 3.05) is 33.3 Å². The van der Waals surface area contributed by atoms with E-state index < -0.39 is 0 Å². The van der Waals surface area contributed by atoms with Gasteiger partial charge in [0, 0.05) is 31.6 Å². The van der Waals surface area contributed by atoms with Gasteiger partial charge in [-0.2, -0.15) is 0 Å². The summed E-state index contributed by atoms with van der Waals surface area (Å²) in [6, 6.07) is 0. The molecule has 8 heteroatoms. The first kappa shape index (κ1) is 15.3. The van der Waals surface area contributed by atoms with Crippen LogP contribution >= 0.6 is 0 Å². The molecule has 0 aliphatic carbocycles. The number of ether oxygens (including phenoxy) is 1. The number of aromatic nitrogens is 3. The molecule has 0 aromatic carbocycles. The normalized spacial score (nSPS) is 16.0. The average molecular weight is 295 g/mol. The topological polar surface area (TPSA) is 91.4 Å². The predicted octanol–water partition coefficient (Wildman–Crippen LogP) is 0.626. The SMILES string of the molecule is COC(=O)N1CCN(C(=O)c2n[nH]c(C(C)(C)C)n2)CC1. The highest BCUT2D eigenvalue weighted by atomic mass is 16.5. The Kier molecular flexibility index (Phi) is 4.15. The van der Waals surface area contributed by atoms with Crippen LogP contribution in [0.25, 0.3) is 0 Å². The van der Waals surface area contributed by atoms with Crippen molar-refractivity contribution >= 4 is 12.0 Å². The number of carbonyl (C=O) groups excluding carboxylic acids is 2. The molecule has 2 rings (SSSR count). The van der Waals surface area contributed by atoms with Gasteiger partial charge in [-0.05, 0) is 0 Å². The van der Waals surface area contributed by atoms with Crippen LogP contribution in [0.15, 0.2) is 0 Å². The summed E-state index contributed by atoms with van der Waals surface area (Å²) < 4.78 is 4.66. The Bertz CT molecular complexity index is 526. The Hall–Kier alpha value is -2.12. The maximum absolute atomic E-state index is 12.3. The Morgan fingerprint density at radius 3 is 2.19 bits per heavy atom. The number of nitrogens with zero attached hydrogens (tertiary/aromatic N) is 4. The lowest BCUT2D eigenvalue weighted by Crippen LogP contribution is -2.50. The highest BCUT2D eigenvalue weighted by molar-refractivity contribution is 5.90. The van der Waals surface area contributed by atoms with E-state index in [2.05, 4.69) is 19.9 Å². The molecular formula is C13H21N5O3. The molecule has 0 unspecified atom stereocenters. The van der Waals surface area contributed by atoms with E-state index in [0.29, 0.717) is 32.0 Å². The minimum atomic E-state index is -0.366. The fourth-order valence-corrected chi connectivity index (χ4v) is 2.06. The number of rotatable bonds is 1. The molecule has 21 heavy (non-hydrogen) atoms. The van der Waals surface area contributed by atoms with Crippen LogP contribution in [-0.2, 0) is 10.2 Å². The van der Waals surface area contributed by atoms with Gasteiger partial charge in [0.2, 0.25) is 5.82 Å². The molecular weight excluding hydrogens is 274 g/mol.